The molecule has 4 rings (SSSR count). The van der Waals surface area contributed by atoms with E-state index in [2.05, 4.69) is 37.9 Å². The molecule has 5 nitrogen and oxygen atoms in total. The smallest absolute Gasteiger partial charge is 0.264 e. The van der Waals surface area contributed by atoms with Gasteiger partial charge in [-0.05, 0) is 47.4 Å². The maximum Gasteiger partial charge on any atom is 0.264 e. The van der Waals surface area contributed by atoms with E-state index in [4.69, 9.17) is 9.47 Å². The van der Waals surface area contributed by atoms with E-state index in [9.17, 15) is 4.79 Å². The van der Waals surface area contributed by atoms with E-state index < -0.39 is 0 Å². The van der Waals surface area contributed by atoms with Crippen molar-refractivity contribution in [3.8, 4) is 11.5 Å². The van der Waals surface area contributed by atoms with Gasteiger partial charge < -0.3 is 9.47 Å². The maximum atomic E-state index is 13.4. The first-order valence-electron chi connectivity index (χ1n) is 9.18. The van der Waals surface area contributed by atoms with Gasteiger partial charge in [0.05, 0.1) is 11.3 Å². The lowest BCUT2D eigenvalue weighted by molar-refractivity contribution is 0.0999. The monoisotopic (exact) mass is 374 g/mol. The van der Waals surface area contributed by atoms with E-state index in [0.29, 0.717) is 22.7 Å². The number of fused-ring (bicyclic) bond motifs is 1. The van der Waals surface area contributed by atoms with E-state index in [1.807, 2.05) is 30.3 Å². The zero-order valence-electron chi connectivity index (χ0n) is 16.2. The Balaban J connectivity index is 1.84. The van der Waals surface area contributed by atoms with Crippen LogP contribution in [0.1, 0.15) is 36.7 Å². The lowest BCUT2D eigenvalue weighted by Crippen LogP contribution is -2.26. The highest BCUT2D eigenvalue weighted by atomic mass is 16.7. The third-order valence-corrected chi connectivity index (χ3v) is 4.70. The van der Waals surface area contributed by atoms with Crippen LogP contribution in [0, 0.1) is 0 Å². The van der Waals surface area contributed by atoms with E-state index in [0.717, 1.165) is 11.3 Å². The Labute approximate surface area is 164 Å². The Morgan fingerprint density at radius 2 is 1.75 bits per heavy atom. The van der Waals surface area contributed by atoms with Gasteiger partial charge in [0.25, 0.3) is 5.91 Å². The molecule has 2 heterocycles. The third-order valence-electron chi connectivity index (χ3n) is 4.70. The van der Waals surface area contributed by atoms with Crippen LogP contribution in [0.25, 0.3) is 0 Å². The number of pyridine rings is 1. The first-order valence-corrected chi connectivity index (χ1v) is 9.18. The fourth-order valence-electron chi connectivity index (χ4n) is 3.14. The van der Waals surface area contributed by atoms with E-state index >= 15 is 0 Å². The van der Waals surface area contributed by atoms with Gasteiger partial charge in [-0.3, -0.25) is 14.7 Å². The van der Waals surface area contributed by atoms with Gasteiger partial charge in [-0.1, -0.05) is 32.9 Å². The third kappa shape index (κ3) is 3.43. The maximum absolute atomic E-state index is 13.4. The normalized spacial score (nSPS) is 12.7. The predicted molar refractivity (Wildman–Crippen MR) is 108 cm³/mol. The topological polar surface area (TPSA) is 51.7 Å². The molecule has 0 fully saturated rings. The minimum Gasteiger partial charge on any atom is -0.454 e. The summed E-state index contributed by atoms with van der Waals surface area (Å²) in [6, 6.07) is 17.1. The van der Waals surface area contributed by atoms with Crippen molar-refractivity contribution in [2.45, 2.75) is 26.2 Å². The van der Waals surface area contributed by atoms with Gasteiger partial charge in [0, 0.05) is 24.1 Å². The summed E-state index contributed by atoms with van der Waals surface area (Å²) in [5.41, 5.74) is 3.13. The van der Waals surface area contributed by atoms with Crippen LogP contribution in [0.3, 0.4) is 0 Å². The van der Waals surface area contributed by atoms with Crippen LogP contribution in [-0.4, -0.2) is 17.7 Å². The van der Waals surface area contributed by atoms with Gasteiger partial charge in [-0.15, -0.1) is 0 Å². The first-order chi connectivity index (χ1) is 13.4. The number of rotatable bonds is 3. The van der Waals surface area contributed by atoms with Gasteiger partial charge in [0.15, 0.2) is 11.5 Å². The number of hydrogen-bond donors (Lipinski definition) is 0. The second kappa shape index (κ2) is 7.00. The Hall–Kier alpha value is -3.34. The number of carbonyl (C=O) groups excluding carboxylic acids is 1. The second-order valence-electron chi connectivity index (χ2n) is 7.72. The van der Waals surface area contributed by atoms with Crippen molar-refractivity contribution in [3.05, 3.63) is 78.1 Å². The average molecular weight is 374 g/mol. The molecule has 0 spiro atoms. The van der Waals surface area contributed by atoms with Gasteiger partial charge in [0.1, 0.15) is 0 Å². The predicted octanol–water partition coefficient (Wildman–Crippen LogP) is 5.09. The molecule has 1 aliphatic heterocycles. The van der Waals surface area contributed by atoms with Crippen molar-refractivity contribution in [1.82, 2.24) is 4.98 Å². The van der Waals surface area contributed by atoms with Crippen LogP contribution in [0.5, 0.6) is 11.5 Å². The van der Waals surface area contributed by atoms with E-state index in [1.165, 1.54) is 0 Å². The molecule has 0 aliphatic carbocycles. The molecule has 2 aromatic carbocycles. The molecule has 5 heteroatoms. The molecule has 0 N–H and O–H groups in total. The molecule has 0 saturated heterocycles. The van der Waals surface area contributed by atoms with Gasteiger partial charge in [-0.25, -0.2) is 0 Å². The number of carbonyl (C=O) groups is 1. The Morgan fingerprint density at radius 3 is 2.50 bits per heavy atom. The number of amides is 1. The van der Waals surface area contributed by atoms with Crippen molar-refractivity contribution in [2.75, 3.05) is 11.7 Å². The summed E-state index contributed by atoms with van der Waals surface area (Å²) < 4.78 is 10.9. The number of nitrogens with zero attached hydrogens (tertiary/aromatic N) is 2. The van der Waals surface area contributed by atoms with Crippen LogP contribution >= 0.6 is 0 Å². The molecular weight excluding hydrogens is 352 g/mol. The Kier molecular flexibility index (Phi) is 4.51. The Bertz CT molecular complexity index is 1010. The number of ether oxygens (including phenoxy) is 2. The minimum absolute atomic E-state index is 0.0338. The Morgan fingerprint density at radius 1 is 0.964 bits per heavy atom. The number of anilines is 2. The molecule has 1 aliphatic rings. The largest absolute Gasteiger partial charge is 0.454 e. The minimum atomic E-state index is -0.155. The van der Waals surface area contributed by atoms with Crippen molar-refractivity contribution >= 4 is 17.3 Å². The summed E-state index contributed by atoms with van der Waals surface area (Å²) in [7, 11) is 0. The number of aromatic nitrogens is 1. The van der Waals surface area contributed by atoms with Gasteiger partial charge in [-0.2, -0.15) is 0 Å². The summed E-state index contributed by atoms with van der Waals surface area (Å²) in [5.74, 6) is 1.16. The number of benzene rings is 2. The van der Waals surface area contributed by atoms with Crippen LogP contribution in [0.2, 0.25) is 0 Å². The highest BCUT2D eigenvalue weighted by molar-refractivity contribution is 6.11. The lowest BCUT2D eigenvalue weighted by atomic mass is 9.87. The summed E-state index contributed by atoms with van der Waals surface area (Å²) in [6.07, 6.45) is 3.23. The van der Waals surface area contributed by atoms with Crippen LogP contribution < -0.4 is 14.4 Å². The van der Waals surface area contributed by atoms with Crippen molar-refractivity contribution in [2.24, 2.45) is 0 Å². The fraction of sp³-hybridized carbons (Fsp3) is 0.217. The molecule has 0 radical (unpaired) electrons. The highest BCUT2D eigenvalue weighted by Gasteiger charge is 2.24. The first kappa shape index (κ1) is 18.0. The zero-order chi connectivity index (χ0) is 19.7. The molecule has 1 amide bonds. The molecule has 0 unspecified atom stereocenters. The molecule has 28 heavy (non-hydrogen) atoms. The average Bonchev–Trinajstić information content (AvgIpc) is 3.16. The molecule has 0 atom stereocenters. The van der Waals surface area contributed by atoms with Crippen LogP contribution in [0.15, 0.2) is 67.0 Å². The lowest BCUT2D eigenvalue weighted by Gasteiger charge is -2.26. The summed E-state index contributed by atoms with van der Waals surface area (Å²) >= 11 is 0. The molecule has 0 saturated carbocycles. The standard InChI is InChI=1S/C23H22N2O3/c1-23(2,3)17-7-4-8-18(12-17)25(22(26)16-6-5-11-24-14-16)19-9-10-20-21(13-19)28-15-27-20/h4-14H,15H2,1-3H3. The van der Waals surface area contributed by atoms with Crippen molar-refractivity contribution in [1.29, 1.82) is 0 Å². The van der Waals surface area contributed by atoms with Crippen LogP contribution in [-0.2, 0) is 5.41 Å². The summed E-state index contributed by atoms with van der Waals surface area (Å²) in [5, 5.41) is 0. The van der Waals surface area contributed by atoms with Gasteiger partial charge in [0.2, 0.25) is 6.79 Å². The van der Waals surface area contributed by atoms with Crippen molar-refractivity contribution in [3.63, 3.8) is 0 Å². The molecular formula is C23H22N2O3. The van der Waals surface area contributed by atoms with E-state index in [1.54, 1.807) is 29.4 Å². The van der Waals surface area contributed by atoms with E-state index in [-0.39, 0.29) is 18.1 Å². The fourth-order valence-corrected chi connectivity index (χ4v) is 3.14. The molecule has 3 aromatic rings. The zero-order valence-corrected chi connectivity index (χ0v) is 16.2. The molecule has 0 bridgehead atoms. The quantitative estimate of drug-likeness (QED) is 0.641. The van der Waals surface area contributed by atoms with Crippen LogP contribution in [0.4, 0.5) is 11.4 Å². The van der Waals surface area contributed by atoms with Crippen molar-refractivity contribution < 1.29 is 14.3 Å². The molecule has 142 valence electrons. The summed E-state index contributed by atoms with van der Waals surface area (Å²) in [6.45, 7) is 6.65. The molecule has 1 aromatic heterocycles. The second-order valence-corrected chi connectivity index (χ2v) is 7.72. The highest BCUT2D eigenvalue weighted by Crippen LogP contribution is 2.39. The SMILES string of the molecule is CC(C)(C)c1cccc(N(C(=O)c2cccnc2)c2ccc3c(c2)OCO3)c1. The number of hydrogen-bond acceptors (Lipinski definition) is 4. The van der Waals surface area contributed by atoms with Gasteiger partial charge >= 0.3 is 0 Å². The summed E-state index contributed by atoms with van der Waals surface area (Å²) in [4.78, 5) is 19.2.